The monoisotopic (exact) mass is 388 g/mol. The molecule has 0 heterocycles. The summed E-state index contributed by atoms with van der Waals surface area (Å²) >= 11 is 0. The third-order valence-electron chi connectivity index (χ3n) is 4.67. The maximum absolute atomic E-state index is 12.6. The van der Waals surface area contributed by atoms with Gasteiger partial charge in [-0.3, -0.25) is 4.79 Å². The number of hydrogen-bond donors (Lipinski definition) is 1. The van der Waals surface area contributed by atoms with Crippen LogP contribution in [-0.2, 0) is 21.4 Å². The van der Waals surface area contributed by atoms with Crippen molar-refractivity contribution >= 4 is 15.9 Å². The van der Waals surface area contributed by atoms with E-state index in [2.05, 4.69) is 11.4 Å². The minimum atomic E-state index is -3.51. The molecule has 5 nitrogen and oxygen atoms in total. The van der Waals surface area contributed by atoms with Crippen LogP contribution in [-0.4, -0.2) is 31.4 Å². The molecule has 0 saturated carbocycles. The summed E-state index contributed by atoms with van der Waals surface area (Å²) in [5, 5.41) is 2.97. The predicted octanol–water partition coefficient (Wildman–Crippen LogP) is 3.33. The van der Waals surface area contributed by atoms with Crippen LogP contribution in [0.2, 0.25) is 0 Å². The van der Waals surface area contributed by atoms with Crippen LogP contribution in [0.15, 0.2) is 48.5 Å². The summed E-state index contributed by atoms with van der Waals surface area (Å²) < 4.78 is 25.4. The Labute approximate surface area is 162 Å². The second-order valence-electron chi connectivity index (χ2n) is 6.89. The molecule has 0 fully saturated rings. The molecule has 0 aliphatic rings. The van der Waals surface area contributed by atoms with E-state index in [0.717, 1.165) is 23.8 Å². The van der Waals surface area contributed by atoms with E-state index in [1.807, 2.05) is 63.2 Å². The zero-order chi connectivity index (χ0) is 20.0. The highest BCUT2D eigenvalue weighted by Crippen LogP contribution is 2.20. The van der Waals surface area contributed by atoms with E-state index >= 15 is 0 Å². The summed E-state index contributed by atoms with van der Waals surface area (Å²) in [7, 11) is -3.51. The Kier molecular flexibility index (Phi) is 7.16. The number of nitrogens with zero attached hydrogens (tertiary/aromatic N) is 1. The van der Waals surface area contributed by atoms with E-state index in [1.54, 1.807) is 0 Å². The topological polar surface area (TPSA) is 66.5 Å². The fraction of sp³-hybridized carbons (Fsp3) is 0.381. The van der Waals surface area contributed by atoms with Crippen molar-refractivity contribution in [3.05, 3.63) is 70.8 Å². The summed E-state index contributed by atoms with van der Waals surface area (Å²) in [5.41, 5.74) is 4.24. The normalized spacial score (nSPS) is 12.8. The van der Waals surface area contributed by atoms with Crippen molar-refractivity contribution in [2.75, 3.05) is 12.8 Å². The van der Waals surface area contributed by atoms with Gasteiger partial charge in [-0.25, -0.2) is 8.42 Å². The Bertz CT molecular complexity index is 880. The molecule has 1 N–H and O–H groups in total. The number of hydrogen-bond acceptors (Lipinski definition) is 3. The molecule has 1 amide bonds. The molecule has 6 heteroatoms. The first-order chi connectivity index (χ1) is 12.7. The summed E-state index contributed by atoms with van der Waals surface area (Å²) in [4.78, 5) is 12.6. The minimum absolute atomic E-state index is 0.144. The minimum Gasteiger partial charge on any atom is -0.348 e. The Balaban J connectivity index is 2.10. The lowest BCUT2D eigenvalue weighted by molar-refractivity contribution is -0.122. The number of amides is 1. The van der Waals surface area contributed by atoms with Crippen molar-refractivity contribution in [3.63, 3.8) is 0 Å². The fourth-order valence-corrected chi connectivity index (χ4v) is 3.62. The molecule has 0 bridgehead atoms. The van der Waals surface area contributed by atoms with Crippen molar-refractivity contribution in [1.29, 1.82) is 0 Å². The van der Waals surface area contributed by atoms with Gasteiger partial charge in [0.25, 0.3) is 0 Å². The lowest BCUT2D eigenvalue weighted by atomic mass is 9.99. The van der Waals surface area contributed by atoms with Gasteiger partial charge in [-0.15, -0.1) is 0 Å². The van der Waals surface area contributed by atoms with Crippen LogP contribution >= 0.6 is 0 Å². The van der Waals surface area contributed by atoms with Gasteiger partial charge < -0.3 is 5.32 Å². The Morgan fingerprint density at radius 1 is 1.07 bits per heavy atom. The number of carbonyl (C=O) groups excluding carboxylic acids is 1. The zero-order valence-electron chi connectivity index (χ0n) is 16.4. The molecule has 146 valence electrons. The van der Waals surface area contributed by atoms with Crippen LogP contribution in [0.25, 0.3) is 0 Å². The highest BCUT2D eigenvalue weighted by atomic mass is 32.2. The Morgan fingerprint density at radius 2 is 1.74 bits per heavy atom. The van der Waals surface area contributed by atoms with Gasteiger partial charge in [-0.2, -0.15) is 4.31 Å². The standard InChI is InChI=1S/C21H28N2O3S/c1-5-20(19-12-11-16(2)17(3)13-19)22-21(24)15-23(27(4,25)26)14-18-9-7-6-8-10-18/h6-13,20H,5,14-15H2,1-4H3,(H,22,24). The second-order valence-corrected chi connectivity index (χ2v) is 8.87. The number of rotatable bonds is 8. The van der Waals surface area contributed by atoms with E-state index in [-0.39, 0.29) is 25.0 Å². The van der Waals surface area contributed by atoms with E-state index in [4.69, 9.17) is 0 Å². The van der Waals surface area contributed by atoms with Gasteiger partial charge in [0.05, 0.1) is 18.8 Å². The van der Waals surface area contributed by atoms with E-state index < -0.39 is 10.0 Å². The molecule has 0 aliphatic carbocycles. The predicted molar refractivity (Wildman–Crippen MR) is 109 cm³/mol. The highest BCUT2D eigenvalue weighted by molar-refractivity contribution is 7.88. The summed E-state index contributed by atoms with van der Waals surface area (Å²) in [5.74, 6) is -0.304. The van der Waals surface area contributed by atoms with Gasteiger partial charge >= 0.3 is 0 Å². The summed E-state index contributed by atoms with van der Waals surface area (Å²) in [6.45, 7) is 6.06. The summed E-state index contributed by atoms with van der Waals surface area (Å²) in [6, 6.07) is 15.2. The molecule has 0 aromatic heterocycles. The maximum atomic E-state index is 12.6. The number of aryl methyl sites for hydroxylation is 2. The molecule has 0 spiro atoms. The zero-order valence-corrected chi connectivity index (χ0v) is 17.2. The van der Waals surface area contributed by atoms with Gasteiger partial charge in [0.1, 0.15) is 0 Å². The van der Waals surface area contributed by atoms with Crippen LogP contribution in [0.3, 0.4) is 0 Å². The van der Waals surface area contributed by atoms with E-state index in [1.165, 1.54) is 15.4 Å². The third-order valence-corrected chi connectivity index (χ3v) is 5.86. The van der Waals surface area contributed by atoms with Crippen LogP contribution in [0, 0.1) is 13.8 Å². The van der Waals surface area contributed by atoms with Crippen LogP contribution in [0.5, 0.6) is 0 Å². The van der Waals surface area contributed by atoms with Crippen LogP contribution < -0.4 is 5.32 Å². The first-order valence-corrected chi connectivity index (χ1v) is 10.9. The Hall–Kier alpha value is -2.18. The Morgan fingerprint density at radius 3 is 2.30 bits per heavy atom. The van der Waals surface area contributed by atoms with Crippen molar-refractivity contribution in [2.24, 2.45) is 0 Å². The molecule has 2 rings (SSSR count). The second kappa shape index (κ2) is 9.15. The number of carbonyl (C=O) groups is 1. The average Bonchev–Trinajstić information content (AvgIpc) is 2.61. The number of benzene rings is 2. The number of nitrogens with one attached hydrogen (secondary N) is 1. The van der Waals surface area contributed by atoms with Gasteiger partial charge in [0.2, 0.25) is 15.9 Å². The third kappa shape index (κ3) is 6.19. The maximum Gasteiger partial charge on any atom is 0.235 e. The molecule has 27 heavy (non-hydrogen) atoms. The largest absolute Gasteiger partial charge is 0.348 e. The van der Waals surface area contributed by atoms with Gasteiger partial charge in [-0.1, -0.05) is 55.5 Å². The van der Waals surface area contributed by atoms with Crippen LogP contribution in [0.4, 0.5) is 0 Å². The lowest BCUT2D eigenvalue weighted by Crippen LogP contribution is -2.41. The van der Waals surface area contributed by atoms with E-state index in [9.17, 15) is 13.2 Å². The van der Waals surface area contributed by atoms with Crippen molar-refractivity contribution < 1.29 is 13.2 Å². The molecule has 0 saturated heterocycles. The van der Waals surface area contributed by atoms with Crippen molar-refractivity contribution in [1.82, 2.24) is 9.62 Å². The molecule has 1 unspecified atom stereocenters. The SMILES string of the molecule is CCC(NC(=O)CN(Cc1ccccc1)S(C)(=O)=O)c1ccc(C)c(C)c1. The van der Waals surface area contributed by atoms with E-state index in [0.29, 0.717) is 0 Å². The first kappa shape index (κ1) is 21.1. The molecular weight excluding hydrogens is 360 g/mol. The summed E-state index contributed by atoms with van der Waals surface area (Å²) in [6.07, 6.45) is 1.86. The highest BCUT2D eigenvalue weighted by Gasteiger charge is 2.22. The molecule has 2 aromatic rings. The van der Waals surface area contributed by atoms with Gasteiger partial charge in [-0.05, 0) is 42.5 Å². The number of sulfonamides is 1. The quantitative estimate of drug-likeness (QED) is 0.754. The lowest BCUT2D eigenvalue weighted by Gasteiger charge is -2.23. The molecule has 1 atom stereocenters. The van der Waals surface area contributed by atoms with Gasteiger partial charge in [0.15, 0.2) is 0 Å². The fourth-order valence-electron chi connectivity index (χ4n) is 2.88. The van der Waals surface area contributed by atoms with Crippen molar-refractivity contribution in [2.45, 2.75) is 39.8 Å². The van der Waals surface area contributed by atoms with Gasteiger partial charge in [0, 0.05) is 6.54 Å². The smallest absolute Gasteiger partial charge is 0.235 e. The molecule has 0 radical (unpaired) electrons. The molecular formula is C21H28N2O3S. The molecule has 2 aromatic carbocycles. The van der Waals surface area contributed by atoms with Crippen LogP contribution in [0.1, 0.15) is 41.6 Å². The average molecular weight is 389 g/mol. The first-order valence-electron chi connectivity index (χ1n) is 9.06. The van der Waals surface area contributed by atoms with Crippen molar-refractivity contribution in [3.8, 4) is 0 Å². The molecule has 0 aliphatic heterocycles.